The molecule has 1 aliphatic carbocycles. The number of nitrogens with zero attached hydrogens (tertiary/aromatic N) is 3. The summed E-state index contributed by atoms with van der Waals surface area (Å²) in [5.41, 5.74) is 2.71. The molecule has 2 atom stereocenters. The zero-order valence-electron chi connectivity index (χ0n) is 22.6. The predicted molar refractivity (Wildman–Crippen MR) is 152 cm³/mol. The number of fused-ring (bicyclic) bond motifs is 1. The first-order chi connectivity index (χ1) is 18.8. The fourth-order valence-corrected chi connectivity index (χ4v) is 6.57. The molecule has 206 valence electrons. The Morgan fingerprint density at radius 2 is 1.87 bits per heavy atom. The number of thiophene rings is 1. The molecular weight excluding hydrogens is 512 g/mol. The summed E-state index contributed by atoms with van der Waals surface area (Å²) in [6, 6.07) is 11.6. The predicted octanol–water partition coefficient (Wildman–Crippen LogP) is 4.21. The third-order valence-electron chi connectivity index (χ3n) is 8.03. The maximum absolute atomic E-state index is 14.1. The molecule has 3 heterocycles. The summed E-state index contributed by atoms with van der Waals surface area (Å²) in [5, 5.41) is 15.7. The van der Waals surface area contributed by atoms with Gasteiger partial charge in [-0.1, -0.05) is 43.5 Å². The second kappa shape index (κ2) is 11.8. The van der Waals surface area contributed by atoms with Gasteiger partial charge >= 0.3 is 0 Å². The van der Waals surface area contributed by atoms with Crippen molar-refractivity contribution in [2.45, 2.75) is 64.6 Å². The number of aliphatic hydroxyl groups is 1. The summed E-state index contributed by atoms with van der Waals surface area (Å²) < 4.78 is 0. The van der Waals surface area contributed by atoms with Crippen molar-refractivity contribution >= 4 is 40.0 Å². The average molecular weight is 549 g/mol. The minimum Gasteiger partial charge on any atom is -0.384 e. The number of hydrogen-bond donors (Lipinski definition) is 2. The fourth-order valence-electron chi connectivity index (χ4n) is 5.83. The monoisotopic (exact) mass is 548 g/mol. The van der Waals surface area contributed by atoms with Crippen LogP contribution in [0.2, 0.25) is 0 Å². The molecule has 2 fully saturated rings. The molecule has 3 amide bonds. The third-order valence-corrected chi connectivity index (χ3v) is 8.90. The van der Waals surface area contributed by atoms with Gasteiger partial charge in [-0.25, -0.2) is 4.98 Å². The molecule has 1 saturated carbocycles. The van der Waals surface area contributed by atoms with Gasteiger partial charge in [0, 0.05) is 36.6 Å². The molecular formula is C30H36N4O4S. The van der Waals surface area contributed by atoms with E-state index in [0.29, 0.717) is 35.8 Å². The number of hydrogen-bond acceptors (Lipinski definition) is 6. The van der Waals surface area contributed by atoms with Crippen molar-refractivity contribution in [3.05, 3.63) is 52.9 Å². The number of benzene rings is 1. The van der Waals surface area contributed by atoms with E-state index >= 15 is 0 Å². The average Bonchev–Trinajstić information content (AvgIpc) is 3.48. The molecule has 9 heteroatoms. The van der Waals surface area contributed by atoms with Crippen molar-refractivity contribution in [3.63, 3.8) is 0 Å². The first kappa shape index (κ1) is 27.3. The Bertz CT molecular complexity index is 1350. The van der Waals surface area contributed by atoms with Crippen LogP contribution in [0.3, 0.4) is 0 Å². The maximum Gasteiger partial charge on any atom is 0.252 e. The molecule has 0 unspecified atom stereocenters. The van der Waals surface area contributed by atoms with Crippen LogP contribution in [0.4, 0.5) is 0 Å². The van der Waals surface area contributed by atoms with E-state index in [2.05, 4.69) is 12.2 Å². The summed E-state index contributed by atoms with van der Waals surface area (Å²) in [7, 11) is 0. The van der Waals surface area contributed by atoms with E-state index in [1.807, 2.05) is 41.8 Å². The molecule has 39 heavy (non-hydrogen) atoms. The van der Waals surface area contributed by atoms with E-state index in [0.717, 1.165) is 28.6 Å². The molecule has 0 bridgehead atoms. The van der Waals surface area contributed by atoms with E-state index < -0.39 is 12.0 Å². The van der Waals surface area contributed by atoms with Crippen molar-refractivity contribution in [2.75, 3.05) is 19.6 Å². The Labute approximate surface area is 233 Å². The van der Waals surface area contributed by atoms with Crippen molar-refractivity contribution < 1.29 is 19.5 Å². The van der Waals surface area contributed by atoms with Gasteiger partial charge in [0.15, 0.2) is 0 Å². The van der Waals surface area contributed by atoms with E-state index in [1.54, 1.807) is 16.2 Å². The SMILES string of the molecule is C[C@H](O)C(=O)N1CCN(Cc2c(-c3cccs3)nc3ccccc3c2C(=O)N[C@@H](C)C2CCCCC2)C(=O)C1. The zero-order chi connectivity index (χ0) is 27.5. The number of amides is 3. The number of carbonyl (C=O) groups excluding carboxylic acids is 3. The fraction of sp³-hybridized carbons (Fsp3) is 0.467. The van der Waals surface area contributed by atoms with Gasteiger partial charge < -0.3 is 20.2 Å². The van der Waals surface area contributed by atoms with Gasteiger partial charge in [0.25, 0.3) is 11.8 Å². The van der Waals surface area contributed by atoms with Crippen molar-refractivity contribution in [2.24, 2.45) is 5.92 Å². The van der Waals surface area contributed by atoms with Crippen LogP contribution in [0.5, 0.6) is 0 Å². The highest BCUT2D eigenvalue weighted by Crippen LogP contribution is 2.34. The van der Waals surface area contributed by atoms with Crippen molar-refractivity contribution in [1.82, 2.24) is 20.1 Å². The number of rotatable bonds is 7. The second-order valence-corrected chi connectivity index (χ2v) is 11.7. The molecule has 0 radical (unpaired) electrons. The molecule has 1 aliphatic heterocycles. The van der Waals surface area contributed by atoms with Gasteiger partial charge in [0.05, 0.1) is 28.2 Å². The number of carbonyl (C=O) groups is 3. The van der Waals surface area contributed by atoms with Crippen LogP contribution in [0, 0.1) is 5.92 Å². The Kier molecular flexibility index (Phi) is 8.28. The lowest BCUT2D eigenvalue weighted by Crippen LogP contribution is -2.53. The van der Waals surface area contributed by atoms with E-state index in [-0.39, 0.29) is 30.9 Å². The normalized spacial score (nSPS) is 18.3. The minimum absolute atomic E-state index is 0.0411. The van der Waals surface area contributed by atoms with E-state index in [4.69, 9.17) is 4.98 Å². The van der Waals surface area contributed by atoms with Crippen LogP contribution in [-0.4, -0.2) is 69.4 Å². The summed E-state index contributed by atoms with van der Waals surface area (Å²) in [5.74, 6) is -0.360. The maximum atomic E-state index is 14.1. The number of aromatic nitrogens is 1. The minimum atomic E-state index is -1.15. The molecule has 2 aliphatic rings. The number of aliphatic hydroxyl groups excluding tert-OH is 1. The van der Waals surface area contributed by atoms with Crippen LogP contribution in [0.1, 0.15) is 61.9 Å². The van der Waals surface area contributed by atoms with Gasteiger partial charge in [0.2, 0.25) is 5.91 Å². The van der Waals surface area contributed by atoms with Crippen LogP contribution in [0.15, 0.2) is 41.8 Å². The highest BCUT2D eigenvalue weighted by molar-refractivity contribution is 7.13. The Hall–Kier alpha value is -3.30. The summed E-state index contributed by atoms with van der Waals surface area (Å²) in [6.45, 7) is 4.25. The summed E-state index contributed by atoms with van der Waals surface area (Å²) >= 11 is 1.55. The molecule has 2 N–H and O–H groups in total. The van der Waals surface area contributed by atoms with Crippen molar-refractivity contribution in [3.8, 4) is 10.6 Å². The molecule has 1 aromatic carbocycles. The Morgan fingerprint density at radius 3 is 2.56 bits per heavy atom. The van der Waals surface area contributed by atoms with E-state index in [1.165, 1.54) is 31.1 Å². The molecule has 5 rings (SSSR count). The molecule has 0 spiro atoms. The highest BCUT2D eigenvalue weighted by Gasteiger charge is 2.32. The lowest BCUT2D eigenvalue weighted by atomic mass is 9.84. The van der Waals surface area contributed by atoms with Gasteiger partial charge in [-0.2, -0.15) is 0 Å². The summed E-state index contributed by atoms with van der Waals surface area (Å²) in [6.07, 6.45) is 4.74. The van der Waals surface area contributed by atoms with Crippen LogP contribution in [-0.2, 0) is 16.1 Å². The number of pyridine rings is 1. The van der Waals surface area contributed by atoms with E-state index in [9.17, 15) is 19.5 Å². The quantitative estimate of drug-likeness (QED) is 0.460. The smallest absolute Gasteiger partial charge is 0.252 e. The highest BCUT2D eigenvalue weighted by atomic mass is 32.1. The third kappa shape index (κ3) is 5.84. The lowest BCUT2D eigenvalue weighted by Gasteiger charge is -2.35. The molecule has 2 aromatic heterocycles. The standard InChI is InChI=1S/C30H36N4O4S/c1-19(21-9-4-3-5-10-21)31-29(37)27-22-11-6-7-12-24(22)32-28(25-13-8-16-39-25)23(27)17-33-14-15-34(18-26(33)36)30(38)20(2)35/h6-8,11-13,16,19-21,35H,3-5,9-10,14-15,17-18H2,1-2H3,(H,31,37)/t19-,20-/m0/s1. The Morgan fingerprint density at radius 1 is 1.10 bits per heavy atom. The topological polar surface area (TPSA) is 103 Å². The Balaban J connectivity index is 1.53. The van der Waals surface area contributed by atoms with Crippen molar-refractivity contribution in [1.29, 1.82) is 0 Å². The van der Waals surface area contributed by atoms with Crippen LogP contribution >= 0.6 is 11.3 Å². The number of piperazine rings is 1. The molecule has 3 aromatic rings. The van der Waals surface area contributed by atoms with Crippen LogP contribution in [0.25, 0.3) is 21.5 Å². The first-order valence-electron chi connectivity index (χ1n) is 13.8. The summed E-state index contributed by atoms with van der Waals surface area (Å²) in [4.78, 5) is 48.5. The van der Waals surface area contributed by atoms with Gasteiger partial charge in [-0.15, -0.1) is 11.3 Å². The largest absolute Gasteiger partial charge is 0.384 e. The second-order valence-electron chi connectivity index (χ2n) is 10.7. The number of para-hydroxylation sites is 1. The molecule has 8 nitrogen and oxygen atoms in total. The van der Waals surface area contributed by atoms with Crippen LogP contribution < -0.4 is 5.32 Å². The van der Waals surface area contributed by atoms with Gasteiger partial charge in [0.1, 0.15) is 6.10 Å². The first-order valence-corrected chi connectivity index (χ1v) is 14.7. The lowest BCUT2D eigenvalue weighted by molar-refractivity contribution is -0.150. The zero-order valence-corrected chi connectivity index (χ0v) is 23.4. The van der Waals surface area contributed by atoms with Gasteiger partial charge in [-0.05, 0) is 50.1 Å². The molecule has 1 saturated heterocycles. The van der Waals surface area contributed by atoms with Gasteiger partial charge in [-0.3, -0.25) is 14.4 Å². The number of nitrogens with one attached hydrogen (secondary N) is 1.